The van der Waals surface area contributed by atoms with E-state index in [9.17, 15) is 4.79 Å². The van der Waals surface area contributed by atoms with Crippen molar-refractivity contribution in [2.24, 2.45) is 0 Å². The zero-order valence-electron chi connectivity index (χ0n) is 11.1. The van der Waals surface area contributed by atoms with Gasteiger partial charge in [0.15, 0.2) is 0 Å². The maximum atomic E-state index is 11.9. The summed E-state index contributed by atoms with van der Waals surface area (Å²) in [5, 5.41) is 0. The maximum absolute atomic E-state index is 11.9. The number of hydrogen-bond donors (Lipinski definition) is 2. The summed E-state index contributed by atoms with van der Waals surface area (Å²) in [5.74, 6) is 1.03. The molecule has 1 heterocycles. The van der Waals surface area contributed by atoms with Gasteiger partial charge < -0.3 is 9.47 Å². The lowest BCUT2D eigenvalue weighted by Crippen LogP contribution is -2.30. The molecule has 1 aromatic heterocycles. The fraction of sp³-hybridized carbons (Fsp3) is 0.154. The minimum Gasteiger partial charge on any atom is -0.497 e. The molecule has 0 aliphatic carbocycles. The Morgan fingerprint density at radius 2 is 1.85 bits per heavy atom. The van der Waals surface area contributed by atoms with Gasteiger partial charge in [-0.15, -0.1) is 0 Å². The minimum absolute atomic E-state index is 0.242. The second kappa shape index (κ2) is 6.37. The second-order valence-electron chi connectivity index (χ2n) is 3.73. The third-order valence-corrected chi connectivity index (χ3v) is 2.48. The molecular formula is C13H14N4O3. The molecule has 20 heavy (non-hydrogen) atoms. The van der Waals surface area contributed by atoms with Crippen LogP contribution in [-0.2, 0) is 0 Å². The van der Waals surface area contributed by atoms with E-state index in [4.69, 9.17) is 9.47 Å². The quantitative estimate of drug-likeness (QED) is 0.798. The zero-order chi connectivity index (χ0) is 14.4. The van der Waals surface area contributed by atoms with E-state index in [1.165, 1.54) is 13.3 Å². The Hall–Kier alpha value is -2.83. The number of benzene rings is 1. The van der Waals surface area contributed by atoms with Crippen molar-refractivity contribution in [1.82, 2.24) is 15.4 Å². The third kappa shape index (κ3) is 3.35. The van der Waals surface area contributed by atoms with Gasteiger partial charge in [0, 0.05) is 17.8 Å². The first-order chi connectivity index (χ1) is 9.72. The lowest BCUT2D eigenvalue weighted by atomic mass is 10.2. The third-order valence-electron chi connectivity index (χ3n) is 2.48. The molecule has 2 N–H and O–H groups in total. The van der Waals surface area contributed by atoms with Crippen LogP contribution < -0.4 is 20.3 Å². The van der Waals surface area contributed by atoms with Crippen LogP contribution in [0.25, 0.3) is 0 Å². The lowest BCUT2D eigenvalue weighted by Gasteiger charge is -2.08. The number of methoxy groups -OCH3 is 2. The number of hydrogen-bond acceptors (Lipinski definition) is 6. The summed E-state index contributed by atoms with van der Waals surface area (Å²) in [4.78, 5) is 19.8. The molecule has 0 bridgehead atoms. The number of ether oxygens (including phenoxy) is 2. The predicted octanol–water partition coefficient (Wildman–Crippen LogP) is 1.25. The Balaban J connectivity index is 1.97. The highest BCUT2D eigenvalue weighted by Gasteiger charge is 2.06. The van der Waals surface area contributed by atoms with E-state index in [2.05, 4.69) is 20.8 Å². The van der Waals surface area contributed by atoms with Crippen molar-refractivity contribution in [2.45, 2.75) is 0 Å². The van der Waals surface area contributed by atoms with Crippen LogP contribution in [0.3, 0.4) is 0 Å². The summed E-state index contributed by atoms with van der Waals surface area (Å²) >= 11 is 0. The molecule has 104 valence electrons. The number of anilines is 1. The number of carbonyl (C=O) groups is 1. The molecule has 1 amide bonds. The molecule has 7 nitrogen and oxygen atoms in total. The first kappa shape index (κ1) is 13.6. The number of nitrogens with zero attached hydrogens (tertiary/aromatic N) is 2. The number of nitrogens with one attached hydrogen (secondary N) is 2. The van der Waals surface area contributed by atoms with Crippen molar-refractivity contribution in [3.8, 4) is 11.6 Å². The topological polar surface area (TPSA) is 85.4 Å². The van der Waals surface area contributed by atoms with Gasteiger partial charge in [0.2, 0.25) is 11.8 Å². The van der Waals surface area contributed by atoms with Crippen LogP contribution in [0.15, 0.2) is 36.5 Å². The van der Waals surface area contributed by atoms with Crippen molar-refractivity contribution >= 4 is 11.9 Å². The summed E-state index contributed by atoms with van der Waals surface area (Å²) in [6, 6.07) is 8.33. The Labute approximate surface area is 115 Å². The summed E-state index contributed by atoms with van der Waals surface area (Å²) in [7, 11) is 3.07. The fourth-order valence-corrected chi connectivity index (χ4v) is 1.44. The van der Waals surface area contributed by atoms with Crippen molar-refractivity contribution in [1.29, 1.82) is 0 Å². The minimum atomic E-state index is -0.306. The van der Waals surface area contributed by atoms with E-state index >= 15 is 0 Å². The lowest BCUT2D eigenvalue weighted by molar-refractivity contribution is 0.0962. The maximum Gasteiger partial charge on any atom is 0.269 e. The van der Waals surface area contributed by atoms with E-state index in [0.717, 1.165) is 0 Å². The van der Waals surface area contributed by atoms with Gasteiger partial charge in [0.1, 0.15) is 5.75 Å². The van der Waals surface area contributed by atoms with Crippen LogP contribution in [0.5, 0.6) is 11.6 Å². The van der Waals surface area contributed by atoms with Crippen LogP contribution >= 0.6 is 0 Å². The van der Waals surface area contributed by atoms with E-state index in [-0.39, 0.29) is 11.9 Å². The van der Waals surface area contributed by atoms with Gasteiger partial charge in [-0.25, -0.2) is 4.98 Å². The van der Waals surface area contributed by atoms with Crippen LogP contribution in [0, 0.1) is 0 Å². The Kier molecular flexibility index (Phi) is 4.33. The standard InChI is InChI=1S/C13H14N4O3/c1-19-10-5-3-9(4-6-10)12(18)16-17-13-14-8-7-11(15-13)20-2/h3-8H,1-2H3,(H,16,18)(H,14,15,17). The van der Waals surface area contributed by atoms with E-state index in [1.54, 1.807) is 37.4 Å². The van der Waals surface area contributed by atoms with Gasteiger partial charge in [-0.1, -0.05) is 0 Å². The average molecular weight is 274 g/mol. The van der Waals surface area contributed by atoms with E-state index < -0.39 is 0 Å². The van der Waals surface area contributed by atoms with Crippen LogP contribution in [0.4, 0.5) is 5.95 Å². The molecule has 1 aromatic carbocycles. The monoisotopic (exact) mass is 274 g/mol. The van der Waals surface area contributed by atoms with Crippen molar-refractivity contribution in [3.05, 3.63) is 42.1 Å². The molecule has 2 aromatic rings. The van der Waals surface area contributed by atoms with Crippen LogP contribution in [0.2, 0.25) is 0 Å². The first-order valence-corrected chi connectivity index (χ1v) is 5.80. The Morgan fingerprint density at radius 1 is 1.10 bits per heavy atom. The number of amides is 1. The van der Waals surface area contributed by atoms with Crippen molar-refractivity contribution in [2.75, 3.05) is 19.6 Å². The first-order valence-electron chi connectivity index (χ1n) is 5.80. The number of hydrazine groups is 1. The van der Waals surface area contributed by atoms with Gasteiger partial charge >= 0.3 is 0 Å². The molecular weight excluding hydrogens is 260 g/mol. The number of carbonyl (C=O) groups excluding carboxylic acids is 1. The summed E-state index contributed by atoms with van der Waals surface area (Å²) in [6.45, 7) is 0. The number of aromatic nitrogens is 2. The van der Waals surface area contributed by atoms with Crippen LogP contribution in [-0.4, -0.2) is 30.1 Å². The van der Waals surface area contributed by atoms with Gasteiger partial charge in [0.25, 0.3) is 5.91 Å². The Bertz CT molecular complexity index is 586. The molecule has 0 unspecified atom stereocenters. The second-order valence-corrected chi connectivity index (χ2v) is 3.73. The molecule has 0 spiro atoms. The normalized spacial score (nSPS) is 9.70. The largest absolute Gasteiger partial charge is 0.497 e. The molecule has 0 saturated carbocycles. The van der Waals surface area contributed by atoms with Crippen molar-refractivity contribution < 1.29 is 14.3 Å². The van der Waals surface area contributed by atoms with Gasteiger partial charge in [-0.05, 0) is 24.3 Å². The fourth-order valence-electron chi connectivity index (χ4n) is 1.44. The molecule has 7 heteroatoms. The molecule has 0 saturated heterocycles. The average Bonchev–Trinajstić information content (AvgIpc) is 2.53. The van der Waals surface area contributed by atoms with Gasteiger partial charge in [0.05, 0.1) is 14.2 Å². The highest BCUT2D eigenvalue weighted by molar-refractivity contribution is 5.94. The smallest absolute Gasteiger partial charge is 0.269 e. The van der Waals surface area contributed by atoms with Gasteiger partial charge in [-0.3, -0.25) is 15.6 Å². The summed E-state index contributed by atoms with van der Waals surface area (Å²) < 4.78 is 9.98. The zero-order valence-corrected chi connectivity index (χ0v) is 11.1. The van der Waals surface area contributed by atoms with Crippen molar-refractivity contribution in [3.63, 3.8) is 0 Å². The number of rotatable bonds is 5. The highest BCUT2D eigenvalue weighted by Crippen LogP contribution is 2.11. The predicted molar refractivity (Wildman–Crippen MR) is 72.7 cm³/mol. The Morgan fingerprint density at radius 3 is 2.50 bits per heavy atom. The van der Waals surface area contributed by atoms with E-state index in [0.29, 0.717) is 17.2 Å². The summed E-state index contributed by atoms with van der Waals surface area (Å²) in [6.07, 6.45) is 1.52. The molecule has 0 radical (unpaired) electrons. The van der Waals surface area contributed by atoms with Crippen LogP contribution in [0.1, 0.15) is 10.4 Å². The SMILES string of the molecule is COc1ccc(C(=O)NNc2nccc(OC)n2)cc1. The molecule has 0 atom stereocenters. The molecule has 0 aliphatic heterocycles. The molecule has 0 aliphatic rings. The van der Waals surface area contributed by atoms with Gasteiger partial charge in [-0.2, -0.15) is 4.98 Å². The molecule has 2 rings (SSSR count). The highest BCUT2D eigenvalue weighted by atomic mass is 16.5. The molecule has 0 fully saturated rings. The van der Waals surface area contributed by atoms with E-state index in [1.807, 2.05) is 0 Å². The summed E-state index contributed by atoms with van der Waals surface area (Å²) in [5.41, 5.74) is 5.59.